The van der Waals surface area contributed by atoms with Crippen molar-refractivity contribution >= 4 is 17.0 Å². The van der Waals surface area contributed by atoms with Crippen LogP contribution in [0.4, 0.5) is 0 Å². The third kappa shape index (κ3) is 2.06. The molecule has 6 nitrogen and oxygen atoms in total. The van der Waals surface area contributed by atoms with Gasteiger partial charge in [-0.2, -0.15) is 5.10 Å². The van der Waals surface area contributed by atoms with Gasteiger partial charge in [-0.25, -0.2) is 9.50 Å². The first-order valence-electron chi connectivity index (χ1n) is 6.85. The SMILES string of the molecule is Cc1c(-c2cccs2)[nH]n2c(=O)cc(Cn3cccn3)nc12. The molecule has 0 fully saturated rings. The molecule has 0 saturated heterocycles. The Hall–Kier alpha value is -2.67. The fraction of sp³-hybridized carbons (Fsp3) is 0.133. The molecule has 7 heteroatoms. The summed E-state index contributed by atoms with van der Waals surface area (Å²) >= 11 is 1.63. The van der Waals surface area contributed by atoms with Crippen LogP contribution in [0.15, 0.2) is 46.8 Å². The number of rotatable bonds is 3. The molecule has 22 heavy (non-hydrogen) atoms. The van der Waals surface area contributed by atoms with Crippen LogP contribution < -0.4 is 5.56 Å². The van der Waals surface area contributed by atoms with Crippen molar-refractivity contribution in [3.63, 3.8) is 0 Å². The highest BCUT2D eigenvalue weighted by molar-refractivity contribution is 7.13. The molecular weight excluding hydrogens is 298 g/mol. The molecule has 0 bridgehead atoms. The van der Waals surface area contributed by atoms with Crippen LogP contribution in [-0.2, 0) is 6.54 Å². The maximum absolute atomic E-state index is 12.3. The minimum Gasteiger partial charge on any atom is -0.288 e. The fourth-order valence-corrected chi connectivity index (χ4v) is 3.28. The number of aromatic nitrogens is 5. The van der Waals surface area contributed by atoms with Crippen LogP contribution in [0.3, 0.4) is 0 Å². The minimum atomic E-state index is -0.113. The highest BCUT2D eigenvalue weighted by atomic mass is 32.1. The van der Waals surface area contributed by atoms with E-state index in [2.05, 4.69) is 15.2 Å². The number of H-pyrrole nitrogens is 1. The summed E-state index contributed by atoms with van der Waals surface area (Å²) in [6, 6.07) is 7.41. The van der Waals surface area contributed by atoms with Crippen molar-refractivity contribution in [3.05, 3.63) is 63.7 Å². The molecular formula is C15H13N5OS. The maximum Gasteiger partial charge on any atom is 0.272 e. The Bertz CT molecular complexity index is 979. The molecule has 4 aromatic rings. The average Bonchev–Trinajstić information content (AvgIpc) is 3.21. The second-order valence-corrected chi connectivity index (χ2v) is 5.99. The minimum absolute atomic E-state index is 0.113. The van der Waals surface area contributed by atoms with Gasteiger partial charge in [0.1, 0.15) is 0 Å². The number of nitrogens with one attached hydrogen (secondary N) is 1. The lowest BCUT2D eigenvalue weighted by atomic mass is 10.2. The first-order chi connectivity index (χ1) is 10.7. The van der Waals surface area contributed by atoms with Crippen molar-refractivity contribution in [2.75, 3.05) is 0 Å². The Balaban J connectivity index is 1.87. The van der Waals surface area contributed by atoms with Crippen molar-refractivity contribution in [1.29, 1.82) is 0 Å². The van der Waals surface area contributed by atoms with E-state index in [0.29, 0.717) is 17.9 Å². The van der Waals surface area contributed by atoms with Crippen molar-refractivity contribution in [3.8, 4) is 10.6 Å². The molecule has 0 spiro atoms. The van der Waals surface area contributed by atoms with E-state index in [0.717, 1.165) is 16.1 Å². The Morgan fingerprint density at radius 2 is 2.27 bits per heavy atom. The molecule has 1 N–H and O–H groups in total. The van der Waals surface area contributed by atoms with Gasteiger partial charge < -0.3 is 0 Å². The smallest absolute Gasteiger partial charge is 0.272 e. The largest absolute Gasteiger partial charge is 0.288 e. The molecule has 4 heterocycles. The molecule has 0 saturated carbocycles. The third-order valence-corrected chi connectivity index (χ3v) is 4.44. The van der Waals surface area contributed by atoms with Gasteiger partial charge in [-0.05, 0) is 24.4 Å². The molecule has 0 atom stereocenters. The second kappa shape index (κ2) is 4.96. The van der Waals surface area contributed by atoms with E-state index < -0.39 is 0 Å². The van der Waals surface area contributed by atoms with Gasteiger partial charge in [-0.3, -0.25) is 14.6 Å². The number of hydrogen-bond donors (Lipinski definition) is 1. The van der Waals surface area contributed by atoms with Crippen LogP contribution in [0.25, 0.3) is 16.2 Å². The monoisotopic (exact) mass is 311 g/mol. The molecule has 4 rings (SSSR count). The van der Waals surface area contributed by atoms with Gasteiger partial charge in [0.25, 0.3) is 5.56 Å². The van der Waals surface area contributed by atoms with E-state index in [4.69, 9.17) is 0 Å². The van der Waals surface area contributed by atoms with Crippen molar-refractivity contribution in [1.82, 2.24) is 24.4 Å². The third-order valence-electron chi connectivity index (χ3n) is 3.56. The number of nitrogens with zero attached hydrogens (tertiary/aromatic N) is 4. The van der Waals surface area contributed by atoms with Gasteiger partial charge in [-0.15, -0.1) is 11.3 Å². The van der Waals surface area contributed by atoms with E-state index in [1.54, 1.807) is 28.3 Å². The van der Waals surface area contributed by atoms with Gasteiger partial charge in [-0.1, -0.05) is 6.07 Å². The fourth-order valence-electron chi connectivity index (χ4n) is 2.50. The first kappa shape index (κ1) is 13.0. The quantitative estimate of drug-likeness (QED) is 0.631. The van der Waals surface area contributed by atoms with Gasteiger partial charge in [0, 0.05) is 24.0 Å². The zero-order valence-corrected chi connectivity index (χ0v) is 12.7. The van der Waals surface area contributed by atoms with E-state index in [-0.39, 0.29) is 5.56 Å². The van der Waals surface area contributed by atoms with Gasteiger partial charge in [0.05, 0.1) is 22.8 Å². The summed E-state index contributed by atoms with van der Waals surface area (Å²) < 4.78 is 3.25. The van der Waals surface area contributed by atoms with Crippen LogP contribution in [0, 0.1) is 6.92 Å². The molecule has 0 radical (unpaired) electrons. The number of aryl methyl sites for hydroxylation is 1. The Morgan fingerprint density at radius 3 is 3.00 bits per heavy atom. The molecule has 0 aromatic carbocycles. The lowest BCUT2D eigenvalue weighted by Crippen LogP contribution is -2.17. The summed E-state index contributed by atoms with van der Waals surface area (Å²) in [4.78, 5) is 18.0. The highest BCUT2D eigenvalue weighted by Gasteiger charge is 2.14. The molecule has 0 aliphatic heterocycles. The van der Waals surface area contributed by atoms with Crippen molar-refractivity contribution < 1.29 is 0 Å². The van der Waals surface area contributed by atoms with Gasteiger partial charge in [0.2, 0.25) is 0 Å². The van der Waals surface area contributed by atoms with E-state index in [1.165, 1.54) is 4.52 Å². The Labute approximate surface area is 129 Å². The molecule has 0 unspecified atom stereocenters. The molecule has 0 amide bonds. The Morgan fingerprint density at radius 1 is 1.36 bits per heavy atom. The maximum atomic E-state index is 12.3. The molecule has 110 valence electrons. The lowest BCUT2D eigenvalue weighted by molar-refractivity contribution is 0.669. The molecule has 4 aromatic heterocycles. The summed E-state index contributed by atoms with van der Waals surface area (Å²) in [6.45, 7) is 2.46. The predicted molar refractivity (Wildman–Crippen MR) is 85.2 cm³/mol. The Kier molecular flexibility index (Phi) is 2.93. The second-order valence-electron chi connectivity index (χ2n) is 5.04. The number of fused-ring (bicyclic) bond motifs is 1. The van der Waals surface area contributed by atoms with Crippen LogP contribution in [0.1, 0.15) is 11.3 Å². The first-order valence-corrected chi connectivity index (χ1v) is 7.73. The highest BCUT2D eigenvalue weighted by Crippen LogP contribution is 2.27. The topological polar surface area (TPSA) is 68.0 Å². The molecule has 0 aliphatic rings. The van der Waals surface area contributed by atoms with Crippen molar-refractivity contribution in [2.24, 2.45) is 0 Å². The summed E-state index contributed by atoms with van der Waals surface area (Å²) in [5, 5.41) is 9.32. The standard InChI is InChI=1S/C15H13N5OS/c1-10-14(12-4-2-7-22-12)18-20-13(21)8-11(17-15(10)20)9-19-6-3-5-16-19/h2-8,18H,9H2,1H3. The normalized spacial score (nSPS) is 11.3. The van der Waals surface area contributed by atoms with Crippen molar-refractivity contribution in [2.45, 2.75) is 13.5 Å². The predicted octanol–water partition coefficient (Wildman–Crippen LogP) is 2.30. The van der Waals surface area contributed by atoms with Crippen LogP contribution in [-0.4, -0.2) is 24.4 Å². The summed E-state index contributed by atoms with van der Waals surface area (Å²) in [5.41, 5.74) is 3.17. The van der Waals surface area contributed by atoms with E-state index in [1.807, 2.05) is 36.7 Å². The number of thiophene rings is 1. The van der Waals surface area contributed by atoms with E-state index in [9.17, 15) is 4.79 Å². The lowest BCUT2D eigenvalue weighted by Gasteiger charge is -2.01. The summed E-state index contributed by atoms with van der Waals surface area (Å²) in [7, 11) is 0. The zero-order valence-electron chi connectivity index (χ0n) is 11.9. The summed E-state index contributed by atoms with van der Waals surface area (Å²) in [5.74, 6) is 0. The van der Waals surface area contributed by atoms with Gasteiger partial charge in [0.15, 0.2) is 5.65 Å². The molecule has 0 aliphatic carbocycles. The average molecular weight is 311 g/mol. The van der Waals surface area contributed by atoms with Crippen LogP contribution in [0.5, 0.6) is 0 Å². The zero-order chi connectivity index (χ0) is 15.1. The van der Waals surface area contributed by atoms with E-state index >= 15 is 0 Å². The van der Waals surface area contributed by atoms with Crippen LogP contribution >= 0.6 is 11.3 Å². The van der Waals surface area contributed by atoms with Gasteiger partial charge >= 0.3 is 0 Å². The van der Waals surface area contributed by atoms with Crippen LogP contribution in [0.2, 0.25) is 0 Å². The number of aromatic amines is 1. The number of hydrogen-bond acceptors (Lipinski definition) is 4. The summed E-state index contributed by atoms with van der Waals surface area (Å²) in [6.07, 6.45) is 3.56.